The Labute approximate surface area is 210 Å². The van der Waals surface area contributed by atoms with Gasteiger partial charge in [0, 0.05) is 29.6 Å². The molecule has 0 saturated heterocycles. The molecule has 178 valence electrons. The predicted molar refractivity (Wildman–Crippen MR) is 134 cm³/mol. The molecule has 0 aliphatic rings. The van der Waals surface area contributed by atoms with Crippen molar-refractivity contribution in [1.29, 1.82) is 0 Å². The van der Waals surface area contributed by atoms with Crippen molar-refractivity contribution in [2.24, 2.45) is 5.92 Å². The summed E-state index contributed by atoms with van der Waals surface area (Å²) >= 11 is 18.9. The Balaban J connectivity index is 1.67. The Morgan fingerprint density at radius 2 is 1.70 bits per heavy atom. The van der Waals surface area contributed by atoms with Crippen molar-refractivity contribution in [2.75, 3.05) is 19.1 Å². The van der Waals surface area contributed by atoms with Crippen LogP contribution in [0.1, 0.15) is 31.9 Å². The summed E-state index contributed by atoms with van der Waals surface area (Å²) in [5.74, 6) is 1.87. The summed E-state index contributed by atoms with van der Waals surface area (Å²) < 4.78 is 13.4. The van der Waals surface area contributed by atoms with Crippen LogP contribution in [-0.4, -0.2) is 39.9 Å². The molecule has 3 rings (SSSR count). The van der Waals surface area contributed by atoms with E-state index in [-0.39, 0.29) is 17.9 Å². The second-order valence-corrected chi connectivity index (χ2v) is 9.84. The van der Waals surface area contributed by atoms with Gasteiger partial charge in [-0.1, -0.05) is 56.1 Å². The van der Waals surface area contributed by atoms with E-state index in [1.165, 1.54) is 0 Å². The maximum atomic E-state index is 10.2. The molecule has 0 fully saturated rings. The largest absolute Gasteiger partial charge is 0.491 e. The van der Waals surface area contributed by atoms with Gasteiger partial charge < -0.3 is 19.1 Å². The topological polar surface area (TPSA) is 56.5 Å². The number of aromatic nitrogens is 2. The Morgan fingerprint density at radius 1 is 1.03 bits per heavy atom. The molecule has 1 aromatic heterocycles. The summed E-state index contributed by atoms with van der Waals surface area (Å²) in [5, 5.41) is 11.1. The lowest BCUT2D eigenvalue weighted by Crippen LogP contribution is -2.23. The highest BCUT2D eigenvalue weighted by Gasteiger charge is 2.26. The first-order valence-electron chi connectivity index (χ1n) is 10.8. The number of imidazole rings is 1. The molecule has 0 saturated carbocycles. The SMILES string of the molecule is C[C@@H](CCl)COc1c(Cl)cc(C(C)(C)c2ccc(OC[C@H](O)Cn3ccnc3)cc2)cc1Cl. The number of benzene rings is 2. The lowest BCUT2D eigenvalue weighted by Gasteiger charge is -2.27. The molecule has 0 spiro atoms. The summed E-state index contributed by atoms with van der Waals surface area (Å²) in [6.07, 6.45) is 4.51. The summed E-state index contributed by atoms with van der Waals surface area (Å²) in [6, 6.07) is 11.6. The minimum atomic E-state index is -0.632. The third-order valence-electron chi connectivity index (χ3n) is 5.49. The summed E-state index contributed by atoms with van der Waals surface area (Å²) in [7, 11) is 0. The highest BCUT2D eigenvalue weighted by molar-refractivity contribution is 6.37. The van der Waals surface area contributed by atoms with Crippen molar-refractivity contribution in [3.63, 3.8) is 0 Å². The minimum absolute atomic E-state index is 0.190. The quantitative estimate of drug-likeness (QED) is 0.311. The second-order valence-electron chi connectivity index (χ2n) is 8.71. The highest BCUT2D eigenvalue weighted by Crippen LogP contribution is 2.40. The Hall–Kier alpha value is -1.92. The average molecular weight is 512 g/mol. The highest BCUT2D eigenvalue weighted by atomic mass is 35.5. The van der Waals surface area contributed by atoms with Crippen LogP contribution in [0.2, 0.25) is 10.0 Å². The van der Waals surface area contributed by atoms with E-state index >= 15 is 0 Å². The first-order valence-corrected chi connectivity index (χ1v) is 12.0. The smallest absolute Gasteiger partial charge is 0.156 e. The Morgan fingerprint density at radius 3 is 2.27 bits per heavy atom. The van der Waals surface area contributed by atoms with Gasteiger partial charge in [-0.05, 0) is 35.4 Å². The van der Waals surface area contributed by atoms with Crippen molar-refractivity contribution < 1.29 is 14.6 Å². The zero-order chi connectivity index (χ0) is 24.0. The lowest BCUT2D eigenvalue weighted by atomic mass is 9.78. The molecule has 2 aromatic carbocycles. The van der Waals surface area contributed by atoms with Crippen molar-refractivity contribution in [2.45, 2.75) is 38.8 Å². The van der Waals surface area contributed by atoms with Crippen molar-refractivity contribution >= 4 is 34.8 Å². The van der Waals surface area contributed by atoms with Crippen LogP contribution in [0.3, 0.4) is 0 Å². The molecule has 0 unspecified atom stereocenters. The fraction of sp³-hybridized carbons (Fsp3) is 0.400. The van der Waals surface area contributed by atoms with Crippen LogP contribution in [0.25, 0.3) is 0 Å². The maximum Gasteiger partial charge on any atom is 0.156 e. The van der Waals surface area contributed by atoms with E-state index in [1.54, 1.807) is 18.7 Å². The van der Waals surface area contributed by atoms with Gasteiger partial charge in [-0.2, -0.15) is 0 Å². The number of hydrogen-bond acceptors (Lipinski definition) is 4. The molecule has 0 aliphatic carbocycles. The summed E-state index contributed by atoms with van der Waals surface area (Å²) in [4.78, 5) is 3.97. The zero-order valence-corrected chi connectivity index (χ0v) is 21.2. The molecule has 0 radical (unpaired) electrons. The summed E-state index contributed by atoms with van der Waals surface area (Å²) in [5.41, 5.74) is 1.69. The van der Waals surface area contributed by atoms with E-state index < -0.39 is 6.10 Å². The molecule has 0 amide bonds. The number of nitrogens with zero attached hydrogens (tertiary/aromatic N) is 2. The summed E-state index contributed by atoms with van der Waals surface area (Å²) in [6.45, 7) is 7.28. The van der Waals surface area contributed by atoms with Gasteiger partial charge in [0.1, 0.15) is 18.5 Å². The van der Waals surface area contributed by atoms with Crippen molar-refractivity contribution in [3.05, 3.63) is 76.3 Å². The molecule has 3 aromatic rings. The maximum absolute atomic E-state index is 10.2. The van der Waals surface area contributed by atoms with Gasteiger partial charge in [0.2, 0.25) is 0 Å². The molecule has 5 nitrogen and oxygen atoms in total. The first-order chi connectivity index (χ1) is 15.7. The van der Waals surface area contributed by atoms with Gasteiger partial charge in [-0.3, -0.25) is 0 Å². The van der Waals surface area contributed by atoms with Crippen LogP contribution in [-0.2, 0) is 12.0 Å². The molecule has 2 atom stereocenters. The number of halogens is 3. The zero-order valence-electron chi connectivity index (χ0n) is 19.0. The number of aliphatic hydroxyl groups excluding tert-OH is 1. The number of alkyl halides is 1. The number of aliphatic hydroxyl groups is 1. The van der Waals surface area contributed by atoms with E-state index in [0.717, 1.165) is 11.1 Å². The van der Waals surface area contributed by atoms with Crippen LogP contribution >= 0.6 is 34.8 Å². The van der Waals surface area contributed by atoms with Gasteiger partial charge in [0.05, 0.1) is 29.5 Å². The fourth-order valence-corrected chi connectivity index (χ4v) is 4.03. The van der Waals surface area contributed by atoms with Gasteiger partial charge >= 0.3 is 0 Å². The van der Waals surface area contributed by atoms with Crippen LogP contribution < -0.4 is 9.47 Å². The molecule has 0 bridgehead atoms. The monoisotopic (exact) mass is 510 g/mol. The van der Waals surface area contributed by atoms with E-state index in [4.69, 9.17) is 44.3 Å². The third kappa shape index (κ3) is 6.80. The molecule has 1 N–H and O–H groups in total. The van der Waals surface area contributed by atoms with Gasteiger partial charge in [0.25, 0.3) is 0 Å². The third-order valence-corrected chi connectivity index (χ3v) is 6.58. The van der Waals surface area contributed by atoms with Crippen molar-refractivity contribution in [1.82, 2.24) is 9.55 Å². The van der Waals surface area contributed by atoms with Gasteiger partial charge in [-0.15, -0.1) is 11.6 Å². The van der Waals surface area contributed by atoms with Crippen molar-refractivity contribution in [3.8, 4) is 11.5 Å². The number of ether oxygens (including phenoxy) is 2. The van der Waals surface area contributed by atoms with Crippen LogP contribution in [0.4, 0.5) is 0 Å². The molecule has 8 heteroatoms. The molecular formula is C25H29Cl3N2O3. The minimum Gasteiger partial charge on any atom is -0.491 e. The average Bonchev–Trinajstić information content (AvgIpc) is 3.30. The molecule has 33 heavy (non-hydrogen) atoms. The molecule has 1 heterocycles. The first kappa shape index (κ1) is 25.7. The normalized spacial score (nSPS) is 13.5. The fourth-order valence-electron chi connectivity index (χ4n) is 3.35. The molecular weight excluding hydrogens is 483 g/mol. The van der Waals surface area contributed by atoms with E-state index in [9.17, 15) is 5.11 Å². The number of hydrogen-bond donors (Lipinski definition) is 1. The number of rotatable bonds is 11. The second kappa shape index (κ2) is 11.5. The standard InChI is InChI=1S/C25H29Cl3N2O3/c1-17(12-26)14-33-24-22(27)10-19(11-23(24)28)25(2,3)18-4-6-21(7-5-18)32-15-20(31)13-30-9-8-29-16-30/h4-11,16-17,20,31H,12-15H2,1-3H3/t17-,20+/m0/s1. The van der Waals surface area contributed by atoms with Gasteiger partial charge in [-0.25, -0.2) is 4.98 Å². The lowest BCUT2D eigenvalue weighted by molar-refractivity contribution is 0.0924. The van der Waals surface area contributed by atoms with Crippen LogP contribution in [0.15, 0.2) is 55.1 Å². The van der Waals surface area contributed by atoms with Gasteiger partial charge in [0.15, 0.2) is 5.75 Å². The Kier molecular flexibility index (Phi) is 8.94. The van der Waals surface area contributed by atoms with E-state index in [2.05, 4.69) is 18.8 Å². The Bertz CT molecular complexity index is 1000. The van der Waals surface area contributed by atoms with E-state index in [0.29, 0.717) is 40.6 Å². The predicted octanol–water partition coefficient (Wildman–Crippen LogP) is 6.21. The van der Waals surface area contributed by atoms with E-state index in [1.807, 2.05) is 47.9 Å². The molecule has 0 aliphatic heterocycles. The van der Waals surface area contributed by atoms with Crippen LogP contribution in [0.5, 0.6) is 11.5 Å². The van der Waals surface area contributed by atoms with Crippen LogP contribution in [0, 0.1) is 5.92 Å².